The lowest BCUT2D eigenvalue weighted by Gasteiger charge is -2.14. The molecule has 0 fully saturated rings. The van der Waals surface area contributed by atoms with Gasteiger partial charge in [0.2, 0.25) is 0 Å². The minimum atomic E-state index is -0.830. The van der Waals surface area contributed by atoms with Crippen molar-refractivity contribution >= 4 is 0 Å². The van der Waals surface area contributed by atoms with Crippen LogP contribution in [0.15, 0.2) is 36.4 Å². The molecule has 19 heavy (non-hydrogen) atoms. The highest BCUT2D eigenvalue weighted by molar-refractivity contribution is 5.32. The van der Waals surface area contributed by atoms with E-state index >= 15 is 0 Å². The minimum Gasteiger partial charge on any atom is -0.324 e. The van der Waals surface area contributed by atoms with Crippen LogP contribution in [0.2, 0.25) is 0 Å². The maximum Gasteiger partial charge on any atom is 0.159 e. The molecule has 2 aromatic rings. The summed E-state index contributed by atoms with van der Waals surface area (Å²) >= 11 is 0. The smallest absolute Gasteiger partial charge is 0.159 e. The van der Waals surface area contributed by atoms with Gasteiger partial charge in [-0.25, -0.2) is 8.78 Å². The lowest BCUT2D eigenvalue weighted by molar-refractivity contribution is 0.506. The predicted molar refractivity (Wildman–Crippen MR) is 72.9 cm³/mol. The second kappa shape index (κ2) is 5.49. The van der Waals surface area contributed by atoms with Crippen molar-refractivity contribution in [2.75, 3.05) is 0 Å². The Morgan fingerprint density at radius 1 is 0.947 bits per heavy atom. The van der Waals surface area contributed by atoms with E-state index in [9.17, 15) is 8.78 Å². The summed E-state index contributed by atoms with van der Waals surface area (Å²) in [5.41, 5.74) is 10.1. The van der Waals surface area contributed by atoms with E-state index in [2.05, 4.69) is 6.07 Å². The van der Waals surface area contributed by atoms with Crippen LogP contribution >= 0.6 is 0 Å². The Kier molecular flexibility index (Phi) is 3.96. The molecule has 0 bridgehead atoms. The number of halogens is 2. The molecule has 1 atom stereocenters. The van der Waals surface area contributed by atoms with E-state index in [0.29, 0.717) is 12.0 Å². The summed E-state index contributed by atoms with van der Waals surface area (Å²) in [5.74, 6) is -1.66. The summed E-state index contributed by atoms with van der Waals surface area (Å²) in [7, 11) is 0. The molecule has 0 heterocycles. The third kappa shape index (κ3) is 3.38. The summed E-state index contributed by atoms with van der Waals surface area (Å²) in [4.78, 5) is 0. The monoisotopic (exact) mass is 261 g/mol. The van der Waals surface area contributed by atoms with Crippen molar-refractivity contribution in [1.82, 2.24) is 0 Å². The second-order valence-corrected chi connectivity index (χ2v) is 4.98. The summed E-state index contributed by atoms with van der Waals surface area (Å²) in [6.45, 7) is 4.03. The second-order valence-electron chi connectivity index (χ2n) is 4.98. The van der Waals surface area contributed by atoms with Gasteiger partial charge in [-0.15, -0.1) is 0 Å². The molecule has 0 aliphatic heterocycles. The van der Waals surface area contributed by atoms with Crippen molar-refractivity contribution in [3.63, 3.8) is 0 Å². The SMILES string of the molecule is Cc1cc(C)cc(C(N)Cc2ccc(F)c(F)c2)c1. The van der Waals surface area contributed by atoms with Crippen LogP contribution in [0.25, 0.3) is 0 Å². The summed E-state index contributed by atoms with van der Waals surface area (Å²) < 4.78 is 26.0. The first kappa shape index (κ1) is 13.7. The van der Waals surface area contributed by atoms with Crippen molar-refractivity contribution in [2.24, 2.45) is 5.73 Å². The highest BCUT2D eigenvalue weighted by atomic mass is 19.2. The van der Waals surface area contributed by atoms with Crippen molar-refractivity contribution in [1.29, 1.82) is 0 Å². The average Bonchev–Trinajstić information content (AvgIpc) is 2.32. The van der Waals surface area contributed by atoms with E-state index in [-0.39, 0.29) is 6.04 Å². The fraction of sp³-hybridized carbons (Fsp3) is 0.250. The van der Waals surface area contributed by atoms with Crippen molar-refractivity contribution in [3.8, 4) is 0 Å². The van der Waals surface area contributed by atoms with E-state index in [0.717, 1.165) is 22.8 Å². The number of hydrogen-bond donors (Lipinski definition) is 1. The molecule has 1 unspecified atom stereocenters. The Hall–Kier alpha value is -1.74. The first-order valence-electron chi connectivity index (χ1n) is 6.23. The molecule has 2 rings (SSSR count). The number of aryl methyl sites for hydroxylation is 2. The minimum absolute atomic E-state index is 0.219. The average molecular weight is 261 g/mol. The third-order valence-electron chi connectivity index (χ3n) is 3.11. The molecule has 0 saturated heterocycles. The van der Waals surface area contributed by atoms with Gasteiger partial charge in [0.1, 0.15) is 0 Å². The highest BCUT2D eigenvalue weighted by Crippen LogP contribution is 2.20. The van der Waals surface area contributed by atoms with E-state index < -0.39 is 11.6 Å². The molecule has 0 aliphatic carbocycles. The quantitative estimate of drug-likeness (QED) is 0.893. The van der Waals surface area contributed by atoms with Gasteiger partial charge < -0.3 is 5.73 Å². The molecule has 0 saturated carbocycles. The van der Waals surface area contributed by atoms with Crippen molar-refractivity contribution in [3.05, 3.63) is 70.3 Å². The molecule has 2 N–H and O–H groups in total. The maximum absolute atomic E-state index is 13.1. The van der Waals surface area contributed by atoms with E-state index in [1.54, 1.807) is 6.07 Å². The maximum atomic E-state index is 13.1. The molecular weight excluding hydrogens is 244 g/mol. The molecule has 0 aromatic heterocycles. The van der Waals surface area contributed by atoms with E-state index in [4.69, 9.17) is 5.73 Å². The number of nitrogens with two attached hydrogens (primary N) is 1. The first-order valence-corrected chi connectivity index (χ1v) is 6.23. The summed E-state index contributed by atoms with van der Waals surface area (Å²) in [5, 5.41) is 0. The van der Waals surface area contributed by atoms with Crippen LogP contribution in [0, 0.1) is 25.5 Å². The molecule has 0 radical (unpaired) electrons. The van der Waals surface area contributed by atoms with Crippen LogP contribution in [0.1, 0.15) is 28.3 Å². The molecule has 1 nitrogen and oxygen atoms in total. The fourth-order valence-corrected chi connectivity index (χ4v) is 2.26. The first-order chi connectivity index (χ1) is 8.95. The van der Waals surface area contributed by atoms with Gasteiger partial charge in [0.25, 0.3) is 0 Å². The number of rotatable bonds is 3. The lowest BCUT2D eigenvalue weighted by atomic mass is 9.96. The topological polar surface area (TPSA) is 26.0 Å². The molecular formula is C16H17F2N. The standard InChI is InChI=1S/C16H17F2N/c1-10-5-11(2)7-13(6-10)16(19)9-12-3-4-14(17)15(18)8-12/h3-8,16H,9,19H2,1-2H3. The van der Waals surface area contributed by atoms with Crippen LogP contribution in [0.5, 0.6) is 0 Å². The normalized spacial score (nSPS) is 12.5. The third-order valence-corrected chi connectivity index (χ3v) is 3.11. The zero-order chi connectivity index (χ0) is 14.0. The molecule has 0 amide bonds. The van der Waals surface area contributed by atoms with E-state index in [1.165, 1.54) is 6.07 Å². The Morgan fingerprint density at radius 2 is 1.58 bits per heavy atom. The van der Waals surface area contributed by atoms with Crippen molar-refractivity contribution in [2.45, 2.75) is 26.3 Å². The molecule has 0 spiro atoms. The summed E-state index contributed by atoms with van der Waals surface area (Å²) in [6, 6.07) is 9.82. The van der Waals surface area contributed by atoms with Crippen LogP contribution in [-0.2, 0) is 6.42 Å². The summed E-state index contributed by atoms with van der Waals surface area (Å²) in [6.07, 6.45) is 0.486. The molecule has 0 aliphatic rings. The van der Waals surface area contributed by atoms with Gasteiger partial charge in [-0.05, 0) is 43.5 Å². The van der Waals surface area contributed by atoms with Gasteiger partial charge in [-0.2, -0.15) is 0 Å². The Labute approximate surface area is 112 Å². The highest BCUT2D eigenvalue weighted by Gasteiger charge is 2.10. The van der Waals surface area contributed by atoms with Crippen molar-refractivity contribution < 1.29 is 8.78 Å². The Balaban J connectivity index is 2.20. The zero-order valence-electron chi connectivity index (χ0n) is 11.1. The number of hydrogen-bond acceptors (Lipinski definition) is 1. The van der Waals surface area contributed by atoms with Crippen LogP contribution in [0.3, 0.4) is 0 Å². The van der Waals surface area contributed by atoms with Gasteiger partial charge in [-0.1, -0.05) is 35.4 Å². The largest absolute Gasteiger partial charge is 0.324 e. The molecule has 2 aromatic carbocycles. The Morgan fingerprint density at radius 3 is 2.16 bits per heavy atom. The Bertz CT molecular complexity index is 573. The van der Waals surface area contributed by atoms with Gasteiger partial charge in [-0.3, -0.25) is 0 Å². The van der Waals surface area contributed by atoms with Gasteiger partial charge in [0.05, 0.1) is 0 Å². The van der Waals surface area contributed by atoms with E-state index in [1.807, 2.05) is 26.0 Å². The number of benzene rings is 2. The molecule has 3 heteroatoms. The van der Waals surface area contributed by atoms with Crippen LogP contribution in [-0.4, -0.2) is 0 Å². The van der Waals surface area contributed by atoms with Crippen LogP contribution < -0.4 is 5.73 Å². The zero-order valence-corrected chi connectivity index (χ0v) is 11.1. The van der Waals surface area contributed by atoms with Gasteiger partial charge >= 0.3 is 0 Å². The molecule has 100 valence electrons. The van der Waals surface area contributed by atoms with Gasteiger partial charge in [0, 0.05) is 6.04 Å². The lowest BCUT2D eigenvalue weighted by Crippen LogP contribution is -2.14. The van der Waals surface area contributed by atoms with Crippen LogP contribution in [0.4, 0.5) is 8.78 Å². The predicted octanol–water partition coefficient (Wildman–Crippen LogP) is 3.82. The van der Waals surface area contributed by atoms with Gasteiger partial charge in [0.15, 0.2) is 11.6 Å². The fourth-order valence-electron chi connectivity index (χ4n) is 2.26.